The third-order valence-electron chi connectivity index (χ3n) is 2.80. The van der Waals surface area contributed by atoms with Crippen LogP contribution in [0, 0.1) is 5.82 Å². The van der Waals surface area contributed by atoms with Gasteiger partial charge in [-0.25, -0.2) is 4.39 Å². The zero-order valence-electron chi connectivity index (χ0n) is 11.0. The largest absolute Gasteiger partial charge is 0.507 e. The summed E-state index contributed by atoms with van der Waals surface area (Å²) in [6.45, 7) is 0.743. The third kappa shape index (κ3) is 3.33. The van der Waals surface area contributed by atoms with Crippen LogP contribution in [0.4, 0.5) is 10.1 Å². The molecule has 2 aromatic carbocycles. The van der Waals surface area contributed by atoms with Crippen molar-refractivity contribution in [1.29, 1.82) is 0 Å². The highest BCUT2D eigenvalue weighted by Gasteiger charge is 2.11. The Morgan fingerprint density at radius 2 is 1.90 bits per heavy atom. The molecule has 2 aromatic rings. The average Bonchev–Trinajstić information content (AvgIpc) is 2.41. The number of phenols is 1. The lowest BCUT2D eigenvalue weighted by molar-refractivity contribution is 0.102. The quantitative estimate of drug-likeness (QED) is 0.802. The Hall–Kier alpha value is -2.40. The first-order valence-electron chi connectivity index (χ1n) is 6.13. The number of hydrogen-bond acceptors (Lipinski definition) is 3. The molecule has 0 unspecified atom stereocenters. The summed E-state index contributed by atoms with van der Waals surface area (Å²) in [5.74, 6) is -1.45. The van der Waals surface area contributed by atoms with Gasteiger partial charge in [0.2, 0.25) is 0 Å². The van der Waals surface area contributed by atoms with E-state index in [0.29, 0.717) is 5.69 Å². The van der Waals surface area contributed by atoms with Gasteiger partial charge in [0, 0.05) is 18.3 Å². The van der Waals surface area contributed by atoms with Gasteiger partial charge in [-0.15, -0.1) is 0 Å². The smallest absolute Gasteiger partial charge is 0.259 e. The maximum absolute atomic E-state index is 12.9. The Balaban J connectivity index is 2.11. The molecule has 0 aliphatic carbocycles. The first-order chi connectivity index (χ1) is 9.60. The summed E-state index contributed by atoms with van der Waals surface area (Å²) in [6.07, 6.45) is 0. The molecule has 3 N–H and O–H groups in total. The van der Waals surface area contributed by atoms with Crippen LogP contribution in [-0.4, -0.2) is 18.1 Å². The summed E-state index contributed by atoms with van der Waals surface area (Å²) in [4.78, 5) is 12.0. The molecule has 0 saturated heterocycles. The molecule has 1 amide bonds. The minimum atomic E-state index is -0.588. The second kappa shape index (κ2) is 6.16. The van der Waals surface area contributed by atoms with E-state index in [4.69, 9.17) is 0 Å². The molecule has 4 nitrogen and oxygen atoms in total. The fourth-order valence-corrected chi connectivity index (χ4v) is 1.81. The van der Waals surface area contributed by atoms with E-state index < -0.39 is 11.7 Å². The van der Waals surface area contributed by atoms with Crippen molar-refractivity contribution < 1.29 is 14.3 Å². The SMILES string of the molecule is CNCc1ccc(NC(=O)c2ccc(F)cc2O)cc1. The van der Waals surface area contributed by atoms with Crippen molar-refractivity contribution in [3.8, 4) is 5.75 Å². The van der Waals surface area contributed by atoms with Gasteiger partial charge in [0.05, 0.1) is 5.56 Å². The van der Waals surface area contributed by atoms with Gasteiger partial charge in [0.15, 0.2) is 0 Å². The molecule has 0 spiro atoms. The van der Waals surface area contributed by atoms with E-state index in [1.54, 1.807) is 12.1 Å². The van der Waals surface area contributed by atoms with Gasteiger partial charge >= 0.3 is 0 Å². The number of nitrogens with one attached hydrogen (secondary N) is 2. The number of aromatic hydroxyl groups is 1. The fraction of sp³-hybridized carbons (Fsp3) is 0.133. The van der Waals surface area contributed by atoms with E-state index >= 15 is 0 Å². The van der Waals surface area contributed by atoms with Crippen LogP contribution >= 0.6 is 0 Å². The summed E-state index contributed by atoms with van der Waals surface area (Å²) in [6, 6.07) is 10.6. The van der Waals surface area contributed by atoms with Crippen LogP contribution in [0.2, 0.25) is 0 Å². The lowest BCUT2D eigenvalue weighted by Gasteiger charge is -2.08. The van der Waals surface area contributed by atoms with Crippen molar-refractivity contribution in [1.82, 2.24) is 5.32 Å². The van der Waals surface area contributed by atoms with Gasteiger partial charge in [-0.3, -0.25) is 4.79 Å². The summed E-state index contributed by atoms with van der Waals surface area (Å²) < 4.78 is 12.9. The molecule has 0 atom stereocenters. The number of carbonyl (C=O) groups excluding carboxylic acids is 1. The van der Waals surface area contributed by atoms with E-state index in [1.165, 1.54) is 6.07 Å². The number of halogens is 1. The van der Waals surface area contributed by atoms with Crippen molar-refractivity contribution in [3.05, 3.63) is 59.4 Å². The molecule has 5 heteroatoms. The third-order valence-corrected chi connectivity index (χ3v) is 2.80. The highest BCUT2D eigenvalue weighted by molar-refractivity contribution is 6.06. The Labute approximate surface area is 116 Å². The highest BCUT2D eigenvalue weighted by Crippen LogP contribution is 2.20. The molecule has 2 rings (SSSR count). The number of hydrogen-bond donors (Lipinski definition) is 3. The summed E-state index contributed by atoms with van der Waals surface area (Å²) >= 11 is 0. The number of anilines is 1. The molecular formula is C15H15FN2O2. The fourth-order valence-electron chi connectivity index (χ4n) is 1.81. The predicted octanol–water partition coefficient (Wildman–Crippen LogP) is 2.50. The van der Waals surface area contributed by atoms with Gasteiger partial charge < -0.3 is 15.7 Å². The van der Waals surface area contributed by atoms with E-state index in [-0.39, 0.29) is 11.3 Å². The predicted molar refractivity (Wildman–Crippen MR) is 75.2 cm³/mol. The van der Waals surface area contributed by atoms with E-state index in [2.05, 4.69) is 10.6 Å². The second-order valence-corrected chi connectivity index (χ2v) is 4.34. The Morgan fingerprint density at radius 3 is 2.50 bits per heavy atom. The number of carbonyl (C=O) groups is 1. The zero-order chi connectivity index (χ0) is 14.5. The Bertz CT molecular complexity index is 612. The average molecular weight is 274 g/mol. The van der Waals surface area contributed by atoms with Crippen molar-refractivity contribution in [3.63, 3.8) is 0 Å². The molecule has 0 saturated carbocycles. The Kier molecular flexibility index (Phi) is 4.32. The van der Waals surface area contributed by atoms with Crippen LogP contribution in [0.15, 0.2) is 42.5 Å². The van der Waals surface area contributed by atoms with Gasteiger partial charge in [-0.1, -0.05) is 12.1 Å². The van der Waals surface area contributed by atoms with E-state index in [1.807, 2.05) is 19.2 Å². The van der Waals surface area contributed by atoms with E-state index in [9.17, 15) is 14.3 Å². The normalized spacial score (nSPS) is 10.3. The molecule has 0 radical (unpaired) electrons. The molecule has 104 valence electrons. The van der Waals surface area contributed by atoms with Crippen LogP contribution < -0.4 is 10.6 Å². The van der Waals surface area contributed by atoms with Crippen LogP contribution in [0.5, 0.6) is 5.75 Å². The maximum Gasteiger partial charge on any atom is 0.259 e. The van der Waals surface area contributed by atoms with Crippen LogP contribution in [0.25, 0.3) is 0 Å². The molecule has 0 aliphatic rings. The summed E-state index contributed by atoms with van der Waals surface area (Å²) in [5.41, 5.74) is 1.74. The van der Waals surface area contributed by atoms with Crippen LogP contribution in [-0.2, 0) is 6.54 Å². The van der Waals surface area contributed by atoms with Gasteiger partial charge in [0.25, 0.3) is 5.91 Å². The van der Waals surface area contributed by atoms with Crippen LogP contribution in [0.3, 0.4) is 0 Å². The standard InChI is InChI=1S/C15H15FN2O2/c1-17-9-10-2-5-12(6-3-10)18-15(20)13-7-4-11(16)8-14(13)19/h2-8,17,19H,9H2,1H3,(H,18,20). The van der Waals surface area contributed by atoms with Gasteiger partial charge in [-0.2, -0.15) is 0 Å². The first kappa shape index (κ1) is 14.0. The van der Waals surface area contributed by atoms with Crippen LogP contribution in [0.1, 0.15) is 15.9 Å². The van der Waals surface area contributed by atoms with Crippen molar-refractivity contribution >= 4 is 11.6 Å². The van der Waals surface area contributed by atoms with Crippen molar-refractivity contribution in [2.24, 2.45) is 0 Å². The monoisotopic (exact) mass is 274 g/mol. The van der Waals surface area contributed by atoms with Crippen molar-refractivity contribution in [2.75, 3.05) is 12.4 Å². The highest BCUT2D eigenvalue weighted by atomic mass is 19.1. The number of rotatable bonds is 4. The minimum Gasteiger partial charge on any atom is -0.507 e. The molecule has 0 heterocycles. The molecular weight excluding hydrogens is 259 g/mol. The number of phenolic OH excluding ortho intramolecular Hbond substituents is 1. The lowest BCUT2D eigenvalue weighted by Crippen LogP contribution is -2.12. The van der Waals surface area contributed by atoms with Gasteiger partial charge in [0.1, 0.15) is 11.6 Å². The first-order valence-corrected chi connectivity index (χ1v) is 6.13. The van der Waals surface area contributed by atoms with Crippen molar-refractivity contribution in [2.45, 2.75) is 6.54 Å². The van der Waals surface area contributed by atoms with Gasteiger partial charge in [-0.05, 0) is 36.9 Å². The summed E-state index contributed by atoms with van der Waals surface area (Å²) in [5, 5.41) is 15.2. The maximum atomic E-state index is 12.9. The zero-order valence-corrected chi connectivity index (χ0v) is 11.0. The molecule has 0 bridgehead atoms. The number of amides is 1. The number of benzene rings is 2. The topological polar surface area (TPSA) is 61.4 Å². The Morgan fingerprint density at radius 1 is 1.20 bits per heavy atom. The summed E-state index contributed by atoms with van der Waals surface area (Å²) in [7, 11) is 1.85. The second-order valence-electron chi connectivity index (χ2n) is 4.34. The molecule has 0 fully saturated rings. The molecule has 0 aliphatic heterocycles. The lowest BCUT2D eigenvalue weighted by atomic mass is 10.1. The van der Waals surface area contributed by atoms with E-state index in [0.717, 1.165) is 24.2 Å². The molecule has 20 heavy (non-hydrogen) atoms. The minimum absolute atomic E-state index is 0.0331. The molecule has 0 aromatic heterocycles.